The summed E-state index contributed by atoms with van der Waals surface area (Å²) < 4.78 is 1.74. The van der Waals surface area contributed by atoms with Crippen LogP contribution in [-0.2, 0) is 18.8 Å². The fourth-order valence-electron chi connectivity index (χ4n) is 2.67. The molecule has 2 aromatic carbocycles. The molecule has 7 heteroatoms. The first-order chi connectivity index (χ1) is 11.1. The minimum Gasteiger partial charge on any atom is -0.595 e. The van der Waals surface area contributed by atoms with E-state index in [0.717, 1.165) is 17.5 Å². The summed E-state index contributed by atoms with van der Waals surface area (Å²) in [6.45, 7) is 0.582. The van der Waals surface area contributed by atoms with E-state index >= 15 is 0 Å². The van der Waals surface area contributed by atoms with Crippen molar-refractivity contribution in [3.63, 3.8) is 0 Å². The fraction of sp³-hybridized carbons (Fsp3) is 0.188. The van der Waals surface area contributed by atoms with Crippen LogP contribution in [0.1, 0.15) is 11.1 Å². The molecule has 1 unspecified atom stereocenters. The number of aromatic amines is 1. The van der Waals surface area contributed by atoms with Gasteiger partial charge in [-0.25, -0.2) is 5.21 Å². The van der Waals surface area contributed by atoms with Crippen LogP contribution in [0.15, 0.2) is 47.3 Å². The van der Waals surface area contributed by atoms with Crippen LogP contribution in [0, 0.1) is 5.21 Å². The lowest BCUT2D eigenvalue weighted by atomic mass is 10.1. The molecule has 0 radical (unpaired) electrons. The van der Waals surface area contributed by atoms with Gasteiger partial charge >= 0.3 is 0 Å². The molecule has 0 aliphatic heterocycles. The van der Waals surface area contributed by atoms with Crippen molar-refractivity contribution in [3.8, 4) is 0 Å². The molecule has 23 heavy (non-hydrogen) atoms. The third-order valence-corrected chi connectivity index (χ3v) is 4.17. The van der Waals surface area contributed by atoms with E-state index in [9.17, 15) is 10.0 Å². The maximum Gasteiger partial charge on any atom is 0.272 e. The first-order valence-corrected chi connectivity index (χ1v) is 7.72. The molecule has 0 bridgehead atoms. The Labute approximate surface area is 137 Å². The molecule has 0 aliphatic carbocycles. The topological polar surface area (TPSA) is 85.5 Å². The van der Waals surface area contributed by atoms with E-state index in [1.165, 1.54) is 12.1 Å². The van der Waals surface area contributed by atoms with Crippen molar-refractivity contribution in [2.24, 2.45) is 0 Å². The molecule has 0 amide bonds. The van der Waals surface area contributed by atoms with Gasteiger partial charge < -0.3 is 5.21 Å². The van der Waals surface area contributed by atoms with Gasteiger partial charge in [0, 0.05) is 24.6 Å². The van der Waals surface area contributed by atoms with Crippen molar-refractivity contribution >= 4 is 28.2 Å². The van der Waals surface area contributed by atoms with Gasteiger partial charge in [0.05, 0.1) is 10.9 Å². The zero-order valence-corrected chi connectivity index (χ0v) is 13.0. The van der Waals surface area contributed by atoms with E-state index in [0.29, 0.717) is 23.3 Å². The van der Waals surface area contributed by atoms with Crippen molar-refractivity contribution < 1.29 is 10.4 Å². The number of H-pyrrole nitrogens is 1. The van der Waals surface area contributed by atoms with Gasteiger partial charge in [-0.3, -0.25) is 14.6 Å². The van der Waals surface area contributed by atoms with Crippen molar-refractivity contribution in [1.82, 2.24) is 9.78 Å². The number of fused-ring (bicyclic) bond motifs is 1. The fourth-order valence-corrected chi connectivity index (χ4v) is 2.93. The summed E-state index contributed by atoms with van der Waals surface area (Å²) in [7, 11) is 0. The third-order valence-electron chi connectivity index (χ3n) is 3.88. The Kier molecular flexibility index (Phi) is 4.49. The molecule has 3 rings (SSSR count). The van der Waals surface area contributed by atoms with Crippen LogP contribution < -0.4 is 10.8 Å². The Bertz CT molecular complexity index is 886. The van der Waals surface area contributed by atoms with E-state index < -0.39 is 5.23 Å². The van der Waals surface area contributed by atoms with Crippen LogP contribution in [0.3, 0.4) is 0 Å². The number of benzene rings is 2. The van der Waals surface area contributed by atoms with Crippen LogP contribution >= 0.6 is 11.6 Å². The average molecular weight is 334 g/mol. The van der Waals surface area contributed by atoms with Gasteiger partial charge in [-0.05, 0) is 23.6 Å². The summed E-state index contributed by atoms with van der Waals surface area (Å²) in [6.07, 6.45) is 0.725. The molecule has 3 aromatic rings. The molecule has 0 aliphatic rings. The van der Waals surface area contributed by atoms with E-state index in [1.54, 1.807) is 10.7 Å². The van der Waals surface area contributed by atoms with Crippen LogP contribution in [0.5, 0.6) is 0 Å². The van der Waals surface area contributed by atoms with Crippen LogP contribution in [0.25, 0.3) is 10.9 Å². The average Bonchev–Trinajstić information content (AvgIpc) is 2.89. The standard InChI is InChI=1S/C16H16ClN3O3/c17-10-12-4-2-1-3-11(12)7-8-19-15-6-5-13(20(22)23)9-14(15)16(21)18-19/h1-6,9,20,22H,7-8,10H2,(H,18,21). The number of alkyl halides is 1. The van der Waals surface area contributed by atoms with E-state index in [-0.39, 0.29) is 11.2 Å². The first-order valence-electron chi connectivity index (χ1n) is 7.19. The van der Waals surface area contributed by atoms with Crippen molar-refractivity contribution in [2.75, 3.05) is 0 Å². The zero-order valence-electron chi connectivity index (χ0n) is 12.3. The summed E-state index contributed by atoms with van der Waals surface area (Å²) in [6, 6.07) is 12.5. The maximum atomic E-state index is 12.0. The quantitative estimate of drug-likeness (QED) is 0.491. The molecular weight excluding hydrogens is 318 g/mol. The number of halogens is 1. The molecule has 1 atom stereocenters. The molecule has 0 spiro atoms. The van der Waals surface area contributed by atoms with Gasteiger partial charge in [0.1, 0.15) is 0 Å². The normalized spacial score (nSPS) is 12.7. The summed E-state index contributed by atoms with van der Waals surface area (Å²) in [5.74, 6) is 0.446. The second kappa shape index (κ2) is 6.55. The smallest absolute Gasteiger partial charge is 0.272 e. The lowest BCUT2D eigenvalue weighted by molar-refractivity contribution is -0.991. The summed E-state index contributed by atoms with van der Waals surface area (Å²) in [4.78, 5) is 12.0. The molecular formula is C16H16ClN3O3. The molecule has 120 valence electrons. The SMILES string of the molecule is O=c1[nH]n(CCc2ccccc2CCl)c2ccc([NH+]([O-])O)cc12. The first kappa shape index (κ1) is 15.8. The van der Waals surface area contributed by atoms with Crippen LogP contribution in [-0.4, -0.2) is 15.0 Å². The number of aryl methyl sites for hydroxylation is 2. The van der Waals surface area contributed by atoms with Crippen molar-refractivity contribution in [3.05, 3.63) is 69.2 Å². The summed E-state index contributed by atoms with van der Waals surface area (Å²) in [5, 5.41) is 22.1. The predicted octanol–water partition coefficient (Wildman–Crippen LogP) is 1.71. The Morgan fingerprint density at radius 1 is 1.22 bits per heavy atom. The monoisotopic (exact) mass is 333 g/mol. The van der Waals surface area contributed by atoms with Crippen LogP contribution in [0.2, 0.25) is 0 Å². The van der Waals surface area contributed by atoms with E-state index in [2.05, 4.69) is 5.10 Å². The molecule has 0 saturated carbocycles. The zero-order chi connectivity index (χ0) is 16.4. The third kappa shape index (κ3) is 3.16. The van der Waals surface area contributed by atoms with Gasteiger partial charge in [0.2, 0.25) is 0 Å². The largest absolute Gasteiger partial charge is 0.595 e. The van der Waals surface area contributed by atoms with Gasteiger partial charge in [0.15, 0.2) is 5.69 Å². The Balaban J connectivity index is 1.90. The van der Waals surface area contributed by atoms with Gasteiger partial charge in [-0.15, -0.1) is 11.6 Å². The number of rotatable bonds is 5. The highest BCUT2D eigenvalue weighted by Gasteiger charge is 2.10. The molecule has 1 aromatic heterocycles. The maximum absolute atomic E-state index is 12.0. The number of aromatic nitrogens is 2. The number of nitrogens with zero attached hydrogens (tertiary/aromatic N) is 1. The van der Waals surface area contributed by atoms with Crippen LogP contribution in [0.4, 0.5) is 5.69 Å². The molecule has 0 saturated heterocycles. The Hall–Kier alpha value is -2.12. The molecule has 1 heterocycles. The number of nitrogens with one attached hydrogen (secondary N) is 2. The van der Waals surface area contributed by atoms with E-state index in [4.69, 9.17) is 16.8 Å². The minimum absolute atomic E-state index is 0.105. The van der Waals surface area contributed by atoms with E-state index in [1.807, 2.05) is 24.3 Å². The number of quaternary nitrogens is 1. The highest BCUT2D eigenvalue weighted by molar-refractivity contribution is 6.17. The van der Waals surface area contributed by atoms with Gasteiger partial charge in [-0.1, -0.05) is 24.3 Å². The predicted molar refractivity (Wildman–Crippen MR) is 88.0 cm³/mol. The summed E-state index contributed by atoms with van der Waals surface area (Å²) >= 11 is 5.94. The highest BCUT2D eigenvalue weighted by atomic mass is 35.5. The number of hydrogen-bond acceptors (Lipinski definition) is 3. The van der Waals surface area contributed by atoms with Crippen molar-refractivity contribution in [1.29, 1.82) is 0 Å². The molecule has 0 fully saturated rings. The Morgan fingerprint density at radius 3 is 2.65 bits per heavy atom. The van der Waals surface area contributed by atoms with Gasteiger partial charge in [-0.2, -0.15) is 5.23 Å². The highest BCUT2D eigenvalue weighted by Crippen LogP contribution is 2.16. The Morgan fingerprint density at radius 2 is 1.96 bits per heavy atom. The lowest BCUT2D eigenvalue weighted by Gasteiger charge is -2.11. The second-order valence-electron chi connectivity index (χ2n) is 5.28. The van der Waals surface area contributed by atoms with Gasteiger partial charge in [0.25, 0.3) is 5.56 Å². The second-order valence-corrected chi connectivity index (χ2v) is 5.55. The minimum atomic E-state index is -1.05. The lowest BCUT2D eigenvalue weighted by Crippen LogP contribution is -2.99. The number of hydrogen-bond donors (Lipinski definition) is 3. The molecule has 6 nitrogen and oxygen atoms in total. The van der Waals surface area contributed by atoms with Crippen molar-refractivity contribution in [2.45, 2.75) is 18.8 Å². The summed E-state index contributed by atoms with van der Waals surface area (Å²) in [5.41, 5.74) is 2.72. The molecule has 3 N–H and O–H groups in total.